The van der Waals surface area contributed by atoms with Gasteiger partial charge in [0, 0.05) is 0 Å². The molecule has 20 heavy (non-hydrogen) atoms. The topological polar surface area (TPSA) is 24.7 Å². The molecule has 0 aliphatic rings. The Labute approximate surface area is 118 Å². The highest BCUT2D eigenvalue weighted by Gasteiger charge is 1.96. The van der Waals surface area contributed by atoms with Gasteiger partial charge in [-0.1, -0.05) is 47.5 Å². The summed E-state index contributed by atoms with van der Waals surface area (Å²) >= 11 is 0. The molecule has 3 rings (SSSR count). The highest BCUT2D eigenvalue weighted by atomic mass is 15.1. The van der Waals surface area contributed by atoms with Gasteiger partial charge in [-0.15, -0.1) is 0 Å². The number of benzene rings is 3. The second-order valence-corrected chi connectivity index (χ2v) is 5.07. The van der Waals surface area contributed by atoms with Crippen molar-refractivity contribution in [1.29, 1.82) is 0 Å². The molecule has 0 unspecified atom stereocenters. The molecule has 0 heterocycles. The fourth-order valence-corrected chi connectivity index (χ4v) is 2.14. The van der Waals surface area contributed by atoms with Crippen LogP contribution in [0.15, 0.2) is 70.9 Å². The molecule has 98 valence electrons. The normalized spacial score (nSPS) is 11.3. The van der Waals surface area contributed by atoms with Crippen LogP contribution < -0.4 is 0 Å². The molecule has 0 fully saturated rings. The molecule has 0 radical (unpaired) electrons. The van der Waals surface area contributed by atoms with Crippen LogP contribution in [0.4, 0.5) is 11.4 Å². The molecule has 0 bridgehead atoms. The fraction of sp³-hybridized carbons (Fsp3) is 0.111. The predicted molar refractivity (Wildman–Crippen MR) is 84.0 cm³/mol. The van der Waals surface area contributed by atoms with Crippen molar-refractivity contribution < 1.29 is 0 Å². The van der Waals surface area contributed by atoms with Gasteiger partial charge in [-0.3, -0.25) is 0 Å². The average molecular weight is 260 g/mol. The lowest BCUT2D eigenvalue weighted by atomic mass is 10.1. The van der Waals surface area contributed by atoms with Gasteiger partial charge in [0.1, 0.15) is 0 Å². The lowest BCUT2D eigenvalue weighted by molar-refractivity contribution is 1.23. The van der Waals surface area contributed by atoms with Crippen molar-refractivity contribution in [2.75, 3.05) is 0 Å². The third-order valence-electron chi connectivity index (χ3n) is 3.29. The molecule has 0 amide bonds. The van der Waals surface area contributed by atoms with Crippen LogP contribution in [0, 0.1) is 13.8 Å². The minimum atomic E-state index is 0.875. The van der Waals surface area contributed by atoms with E-state index in [9.17, 15) is 0 Å². The molecular formula is C18H16N2. The second-order valence-electron chi connectivity index (χ2n) is 5.07. The van der Waals surface area contributed by atoms with Crippen LogP contribution in [-0.4, -0.2) is 0 Å². The van der Waals surface area contributed by atoms with Gasteiger partial charge in [0.05, 0.1) is 11.4 Å². The molecule has 0 aliphatic heterocycles. The standard InChI is InChI=1S/C18H16N2/c1-13-4-8-17(9-5-13)19-20-18-10-7-15-11-14(2)3-6-16(15)12-18/h3-12H,1-2H3. The first-order valence-corrected chi connectivity index (χ1v) is 6.69. The third-order valence-corrected chi connectivity index (χ3v) is 3.29. The molecule has 3 aromatic rings. The summed E-state index contributed by atoms with van der Waals surface area (Å²) in [5, 5.41) is 11.0. The van der Waals surface area contributed by atoms with Gasteiger partial charge in [0.2, 0.25) is 0 Å². The van der Waals surface area contributed by atoms with E-state index in [2.05, 4.69) is 54.4 Å². The highest BCUT2D eigenvalue weighted by Crippen LogP contribution is 2.24. The molecular weight excluding hydrogens is 244 g/mol. The first-order chi connectivity index (χ1) is 9.70. The van der Waals surface area contributed by atoms with E-state index in [1.165, 1.54) is 21.9 Å². The zero-order valence-electron chi connectivity index (χ0n) is 11.7. The van der Waals surface area contributed by atoms with Gasteiger partial charge in [-0.25, -0.2) is 0 Å². The summed E-state index contributed by atoms with van der Waals surface area (Å²) < 4.78 is 0. The largest absolute Gasteiger partial charge is 0.151 e. The Kier molecular flexibility index (Phi) is 3.30. The maximum absolute atomic E-state index is 4.30. The molecule has 0 spiro atoms. The third kappa shape index (κ3) is 2.75. The number of hydrogen-bond acceptors (Lipinski definition) is 2. The summed E-state index contributed by atoms with van der Waals surface area (Å²) in [5.41, 5.74) is 4.25. The minimum absolute atomic E-state index is 0.875. The van der Waals surface area contributed by atoms with Crippen molar-refractivity contribution in [3.63, 3.8) is 0 Å². The van der Waals surface area contributed by atoms with E-state index >= 15 is 0 Å². The van der Waals surface area contributed by atoms with E-state index in [-0.39, 0.29) is 0 Å². The van der Waals surface area contributed by atoms with E-state index < -0.39 is 0 Å². The van der Waals surface area contributed by atoms with Crippen molar-refractivity contribution >= 4 is 22.1 Å². The smallest absolute Gasteiger partial charge is 0.0863 e. The maximum Gasteiger partial charge on any atom is 0.0863 e. The lowest BCUT2D eigenvalue weighted by Crippen LogP contribution is -1.75. The SMILES string of the molecule is Cc1ccc(N=Nc2ccc3cc(C)ccc3c2)cc1. The molecule has 2 heteroatoms. The number of fused-ring (bicyclic) bond motifs is 1. The Hall–Kier alpha value is -2.48. The first kappa shape index (κ1) is 12.5. The zero-order valence-corrected chi connectivity index (χ0v) is 11.7. The summed E-state index contributed by atoms with van der Waals surface area (Å²) in [7, 11) is 0. The van der Waals surface area contributed by atoms with Gasteiger partial charge in [-0.05, 0) is 48.9 Å². The van der Waals surface area contributed by atoms with E-state index in [1.807, 2.05) is 30.3 Å². The summed E-state index contributed by atoms with van der Waals surface area (Å²) in [5.74, 6) is 0. The fourth-order valence-electron chi connectivity index (χ4n) is 2.14. The Morgan fingerprint density at radius 1 is 0.550 bits per heavy atom. The van der Waals surface area contributed by atoms with Gasteiger partial charge in [0.15, 0.2) is 0 Å². The summed E-state index contributed by atoms with van der Waals surface area (Å²) in [6.07, 6.45) is 0. The number of nitrogens with zero attached hydrogens (tertiary/aromatic N) is 2. The number of hydrogen-bond donors (Lipinski definition) is 0. The summed E-state index contributed by atoms with van der Waals surface area (Å²) in [6.45, 7) is 4.16. The molecule has 0 saturated heterocycles. The van der Waals surface area contributed by atoms with E-state index in [1.54, 1.807) is 0 Å². The molecule has 0 atom stereocenters. The molecule has 0 N–H and O–H groups in total. The molecule has 0 aromatic heterocycles. The maximum atomic E-state index is 4.30. The second kappa shape index (κ2) is 5.25. The predicted octanol–water partition coefficient (Wildman–Crippen LogP) is 5.87. The molecule has 0 saturated carbocycles. The minimum Gasteiger partial charge on any atom is -0.151 e. The van der Waals surface area contributed by atoms with Gasteiger partial charge < -0.3 is 0 Å². The van der Waals surface area contributed by atoms with Crippen LogP contribution in [0.1, 0.15) is 11.1 Å². The van der Waals surface area contributed by atoms with Crippen LogP contribution in [0.25, 0.3) is 10.8 Å². The van der Waals surface area contributed by atoms with Crippen LogP contribution in [0.3, 0.4) is 0 Å². The van der Waals surface area contributed by atoms with Gasteiger partial charge in [0.25, 0.3) is 0 Å². The van der Waals surface area contributed by atoms with E-state index in [4.69, 9.17) is 0 Å². The lowest BCUT2D eigenvalue weighted by Gasteiger charge is -2.00. The number of rotatable bonds is 2. The van der Waals surface area contributed by atoms with Crippen molar-refractivity contribution in [2.45, 2.75) is 13.8 Å². The van der Waals surface area contributed by atoms with Crippen molar-refractivity contribution in [2.24, 2.45) is 10.2 Å². The Morgan fingerprint density at radius 2 is 1.10 bits per heavy atom. The first-order valence-electron chi connectivity index (χ1n) is 6.69. The van der Waals surface area contributed by atoms with Crippen LogP contribution in [-0.2, 0) is 0 Å². The molecule has 2 nitrogen and oxygen atoms in total. The van der Waals surface area contributed by atoms with Crippen LogP contribution >= 0.6 is 0 Å². The van der Waals surface area contributed by atoms with Crippen LogP contribution in [0.5, 0.6) is 0 Å². The van der Waals surface area contributed by atoms with E-state index in [0.29, 0.717) is 0 Å². The summed E-state index contributed by atoms with van der Waals surface area (Å²) in [4.78, 5) is 0. The van der Waals surface area contributed by atoms with Crippen LogP contribution in [0.2, 0.25) is 0 Å². The molecule has 3 aromatic carbocycles. The summed E-state index contributed by atoms with van der Waals surface area (Å²) in [6, 6.07) is 20.6. The van der Waals surface area contributed by atoms with E-state index in [0.717, 1.165) is 11.4 Å². The Bertz CT molecular complexity index is 771. The van der Waals surface area contributed by atoms with Crippen molar-refractivity contribution in [1.82, 2.24) is 0 Å². The zero-order chi connectivity index (χ0) is 13.9. The number of azo groups is 1. The molecule has 0 aliphatic carbocycles. The van der Waals surface area contributed by atoms with Crippen molar-refractivity contribution in [3.8, 4) is 0 Å². The van der Waals surface area contributed by atoms with Gasteiger partial charge in [-0.2, -0.15) is 10.2 Å². The number of aryl methyl sites for hydroxylation is 2. The Morgan fingerprint density at radius 3 is 1.90 bits per heavy atom. The van der Waals surface area contributed by atoms with Crippen molar-refractivity contribution in [3.05, 3.63) is 71.8 Å². The highest BCUT2D eigenvalue weighted by molar-refractivity contribution is 5.85. The monoisotopic (exact) mass is 260 g/mol. The quantitative estimate of drug-likeness (QED) is 0.515. The average Bonchev–Trinajstić information content (AvgIpc) is 2.46. The van der Waals surface area contributed by atoms with Gasteiger partial charge >= 0.3 is 0 Å². The Balaban J connectivity index is 1.90.